The highest BCUT2D eigenvalue weighted by Gasteiger charge is 2.50. The summed E-state index contributed by atoms with van der Waals surface area (Å²) < 4.78 is 12.0. The number of carbonyl (C=O) groups excluding carboxylic acids is 7. The van der Waals surface area contributed by atoms with E-state index < -0.39 is 23.8 Å². The molecule has 1 heterocycles. The predicted octanol–water partition coefficient (Wildman–Crippen LogP) is 13.1. The molecule has 86 heavy (non-hydrogen) atoms. The Morgan fingerprint density at radius 2 is 1.05 bits per heavy atom. The number of nitrogens with zero attached hydrogens (tertiary/aromatic N) is 2. The van der Waals surface area contributed by atoms with Crippen LogP contribution in [0.3, 0.4) is 0 Å². The van der Waals surface area contributed by atoms with E-state index in [4.69, 9.17) is 31.7 Å². The van der Waals surface area contributed by atoms with E-state index in [0.29, 0.717) is 76.0 Å². The normalized spacial score (nSPS) is 13.7. The van der Waals surface area contributed by atoms with Crippen molar-refractivity contribution in [2.75, 3.05) is 20.3 Å². The molecule has 5 aromatic rings. The van der Waals surface area contributed by atoms with Gasteiger partial charge in [0.2, 0.25) is 35.4 Å². The second-order valence-electron chi connectivity index (χ2n) is 21.6. The number of Topliss-reactive ketones (excluding diaryl/α,β-unsaturated/α-hetero) is 1. The summed E-state index contributed by atoms with van der Waals surface area (Å²) in [5.41, 5.74) is 11.4. The topological polar surface area (TPSA) is 254 Å². The van der Waals surface area contributed by atoms with Crippen molar-refractivity contribution in [3.63, 3.8) is 0 Å². The van der Waals surface area contributed by atoms with Crippen LogP contribution >= 0.6 is 15.9 Å². The van der Waals surface area contributed by atoms with Gasteiger partial charge in [0.15, 0.2) is 11.5 Å². The lowest BCUT2D eigenvalue weighted by Gasteiger charge is -2.26. The first-order valence-corrected chi connectivity index (χ1v) is 30.5. The van der Waals surface area contributed by atoms with E-state index in [0.717, 1.165) is 101 Å². The number of hydroxylamine groups is 3. The van der Waals surface area contributed by atoms with E-state index in [1.54, 1.807) is 35.7 Å². The van der Waals surface area contributed by atoms with Gasteiger partial charge in [-0.1, -0.05) is 160 Å². The Bertz CT molecular complexity index is 2920. The van der Waals surface area contributed by atoms with Crippen LogP contribution in [0, 0.1) is 24.3 Å². The van der Waals surface area contributed by atoms with Gasteiger partial charge in [-0.25, -0.2) is 21.3 Å². The van der Waals surface area contributed by atoms with Crippen LogP contribution in [0.25, 0.3) is 27.1 Å². The first kappa shape index (κ1) is 70.7. The molecule has 7 N–H and O–H groups in total. The minimum absolute atomic E-state index is 0.149. The monoisotopic (exact) mass is 1240 g/mol. The van der Waals surface area contributed by atoms with Crippen molar-refractivity contribution in [1.29, 1.82) is 0 Å². The third-order valence-corrected chi connectivity index (χ3v) is 15.1. The average molecular weight is 1250 g/mol. The van der Waals surface area contributed by atoms with Crippen LogP contribution < -0.4 is 31.2 Å². The maximum absolute atomic E-state index is 13.5. The summed E-state index contributed by atoms with van der Waals surface area (Å²) in [5, 5.41) is 28.2. The number of nitrogens with one attached hydrogen (secondary N) is 4. The van der Waals surface area contributed by atoms with Crippen LogP contribution in [0.15, 0.2) is 126 Å². The maximum atomic E-state index is 13.5. The highest BCUT2D eigenvalue weighted by atomic mass is 79.9. The number of imide groups is 1. The van der Waals surface area contributed by atoms with Crippen molar-refractivity contribution < 1.29 is 58.7 Å². The third-order valence-electron chi connectivity index (χ3n) is 14.6. The molecule has 19 heteroatoms. The summed E-state index contributed by atoms with van der Waals surface area (Å²) in [6, 6.07) is 37.6. The molecule has 1 aliphatic heterocycles. The average Bonchev–Trinajstić information content (AvgIpc) is 1.91. The fourth-order valence-corrected chi connectivity index (χ4v) is 10.1. The number of hydrogen-bond acceptors (Lipinski definition) is 12. The number of halogens is 1. The molecule has 0 aliphatic carbocycles. The number of methoxy groups -OCH3 is 1. The molecule has 1 fully saturated rings. The lowest BCUT2D eigenvalue weighted by Crippen LogP contribution is -2.51. The molecule has 1 aliphatic rings. The molecular weight excluding hydrogens is 1160 g/mol. The Labute approximate surface area is 514 Å². The number of hydrogen-bond donors (Lipinski definition) is 7. The third kappa shape index (κ3) is 25.1. The van der Waals surface area contributed by atoms with Crippen molar-refractivity contribution in [3.05, 3.63) is 148 Å². The maximum Gasteiger partial charge on any atom is 0.243 e. The zero-order valence-corrected chi connectivity index (χ0v) is 51.6. The summed E-state index contributed by atoms with van der Waals surface area (Å²) in [7, 11) is 1.58. The highest BCUT2D eigenvalue weighted by Crippen LogP contribution is 2.36. The number of rotatable bonds is 33. The molecular formula is C67H85BrN6O12. The summed E-state index contributed by atoms with van der Waals surface area (Å²) in [6.07, 6.45) is 12.5. The molecule has 0 radical (unpaired) electrons. The molecule has 6 rings (SSSR count). The smallest absolute Gasteiger partial charge is 0.243 e. The van der Waals surface area contributed by atoms with Gasteiger partial charge in [0.05, 0.1) is 32.1 Å². The number of ether oxygens (including phenoxy) is 2. The molecule has 1 saturated heterocycles. The second kappa shape index (κ2) is 39.8. The Kier molecular flexibility index (Phi) is 32.7. The molecule has 5 aromatic carbocycles. The number of carbonyl (C=O) groups is 7. The molecule has 0 aromatic heterocycles. The number of likely N-dealkylation sites (tertiary alicyclic amines) is 1. The van der Waals surface area contributed by atoms with E-state index in [-0.39, 0.29) is 54.1 Å². The van der Waals surface area contributed by atoms with Gasteiger partial charge >= 0.3 is 0 Å². The van der Waals surface area contributed by atoms with Gasteiger partial charge in [0.1, 0.15) is 17.5 Å². The van der Waals surface area contributed by atoms with Crippen LogP contribution in [-0.2, 0) is 35.2 Å². The van der Waals surface area contributed by atoms with Crippen molar-refractivity contribution in [1.82, 2.24) is 26.7 Å². The van der Waals surface area contributed by atoms with E-state index in [1.807, 2.05) is 130 Å². The largest absolute Gasteiger partial charge is 0.497 e. The molecule has 0 saturated carbocycles. The Hall–Kier alpha value is -7.76. The zero-order valence-electron chi connectivity index (χ0n) is 50.0. The first-order valence-electron chi connectivity index (χ1n) is 29.7. The number of ketones is 1. The van der Waals surface area contributed by atoms with E-state index >= 15 is 0 Å². The van der Waals surface area contributed by atoms with Crippen LogP contribution in [0.4, 0.5) is 5.69 Å². The summed E-state index contributed by atoms with van der Waals surface area (Å²) in [4.78, 5) is 90.0. The van der Waals surface area contributed by atoms with Gasteiger partial charge in [-0.15, -0.1) is 0 Å². The Morgan fingerprint density at radius 3 is 1.53 bits per heavy atom. The van der Waals surface area contributed by atoms with Crippen molar-refractivity contribution in [2.45, 2.75) is 149 Å². The van der Waals surface area contributed by atoms with Crippen molar-refractivity contribution in [2.24, 2.45) is 17.8 Å². The van der Waals surface area contributed by atoms with Gasteiger partial charge < -0.3 is 14.8 Å². The lowest BCUT2D eigenvalue weighted by molar-refractivity contribution is -0.148. The molecule has 0 spiro atoms. The van der Waals surface area contributed by atoms with Crippen molar-refractivity contribution in [3.8, 4) is 33.8 Å². The lowest BCUT2D eigenvalue weighted by atomic mass is 9.85. The standard InChI is InChI=1S/C27H41N3O6.C20H22BrNO3.C20H22N2O3/c1-5-9-21-22(16-18(2)3)27(34)30(26(21)33)23(17-19-11-13-20(36-4)14-12-19)25(32)28-15-8-6-7-10-24(31)29-35;21-18-13-11-16(12-14-18)15-7-9-17(10-8-15)19(23)5-3-1-2-4-6-20(24)22-25;1-21-18-11-7-16(8-12-18)17-9-13-19(14-10-17)25-15-5-3-2-4-6-20(23)22-24/h11-14,18,21-23,35H,5-10,15-17H2,1-4H3,(H,28,32)(H,29,31);7-14,25H,1-6H2,(H,22,24);7-14,24H,2-6,15H2,(H,22,23)/t21-,22-,23+;;/m1../s1. The van der Waals surface area contributed by atoms with Crippen LogP contribution in [-0.4, -0.2) is 88.1 Å². The Morgan fingerprint density at radius 1 is 0.593 bits per heavy atom. The number of amides is 6. The quantitative estimate of drug-likeness (QED) is 0.00517. The first-order chi connectivity index (χ1) is 41.5. The summed E-state index contributed by atoms with van der Waals surface area (Å²) in [6.45, 7) is 14.1. The van der Waals surface area contributed by atoms with E-state index in [9.17, 15) is 33.6 Å². The molecule has 462 valence electrons. The van der Waals surface area contributed by atoms with Crippen LogP contribution in [0.1, 0.15) is 152 Å². The summed E-state index contributed by atoms with van der Waals surface area (Å²) in [5.74, 6) is -0.875. The zero-order chi connectivity index (χ0) is 62.6. The molecule has 0 bridgehead atoms. The predicted molar refractivity (Wildman–Crippen MR) is 333 cm³/mol. The minimum Gasteiger partial charge on any atom is -0.497 e. The molecule has 0 unspecified atom stereocenters. The highest BCUT2D eigenvalue weighted by molar-refractivity contribution is 9.10. The van der Waals surface area contributed by atoms with Gasteiger partial charge in [-0.2, -0.15) is 0 Å². The fourth-order valence-electron chi connectivity index (χ4n) is 9.86. The summed E-state index contributed by atoms with van der Waals surface area (Å²) >= 11 is 3.42. The molecule has 18 nitrogen and oxygen atoms in total. The van der Waals surface area contributed by atoms with Gasteiger partial charge in [0, 0.05) is 48.7 Å². The fraction of sp³-hybridized carbons (Fsp3) is 0.433. The molecule has 3 atom stereocenters. The van der Waals surface area contributed by atoms with Crippen LogP contribution in [0.2, 0.25) is 0 Å². The van der Waals surface area contributed by atoms with Crippen molar-refractivity contribution >= 4 is 62.8 Å². The van der Waals surface area contributed by atoms with Crippen LogP contribution in [0.5, 0.6) is 11.5 Å². The number of benzene rings is 5. The van der Waals surface area contributed by atoms with Gasteiger partial charge in [0.25, 0.3) is 0 Å². The van der Waals surface area contributed by atoms with Gasteiger partial charge in [-0.3, -0.25) is 54.1 Å². The minimum atomic E-state index is -0.935. The second-order valence-corrected chi connectivity index (χ2v) is 22.5. The number of unbranched alkanes of at least 4 members (excludes halogenated alkanes) is 8. The Balaban J connectivity index is 0.000000283. The van der Waals surface area contributed by atoms with E-state index in [2.05, 4.69) is 26.1 Å². The molecule has 6 amide bonds. The van der Waals surface area contributed by atoms with Gasteiger partial charge in [-0.05, 0) is 121 Å². The van der Waals surface area contributed by atoms with E-state index in [1.165, 1.54) is 4.90 Å². The SMILES string of the molecule is CCC[C@H]1C(=O)N([C@@H](Cc2ccc(OC)cc2)C(=O)NCCCCCC(=O)NO)C(=O)[C@@H]1CC(C)C.O=C(CCCCCCC(=O)c1ccc(-c2ccc(Br)cc2)cc1)NO.[C-]#[N+]c1ccc(-c2ccc(OCCCCCCC(=O)NO)cc2)cc1.